The van der Waals surface area contributed by atoms with Gasteiger partial charge < -0.3 is 39.0 Å². The number of hydrogen-bond donors (Lipinski definition) is 3. The lowest BCUT2D eigenvalue weighted by molar-refractivity contribution is -0.301. The van der Waals surface area contributed by atoms with Crippen LogP contribution in [0.5, 0.6) is 0 Å². The van der Waals surface area contributed by atoms with Crippen LogP contribution in [-0.4, -0.2) is 89.2 Å². The number of esters is 3. The minimum absolute atomic E-state index is 0.0478. The number of ether oxygens (including phenoxy) is 5. The molecule has 1 rings (SSSR count). The smallest absolute Gasteiger partial charge is 0.335 e. The van der Waals surface area contributed by atoms with Crippen LogP contribution in [0, 0.1) is 0 Å². The van der Waals surface area contributed by atoms with Gasteiger partial charge in [-0.2, -0.15) is 0 Å². The number of carboxylic acids is 1. The van der Waals surface area contributed by atoms with Crippen LogP contribution in [0.3, 0.4) is 0 Å². The molecule has 12 heteroatoms. The SMILES string of the molecule is CC/C=C\C/C=C\C/C=C\C/C=C\C/C=C\CCCCCC(=O)OCC(COC1OC(C(=O)O)C(O)C(O)C1OC(=O)CCCCCCCCCCC/C=C\C/C=C\CCCCC)OC(=O)CCCCCCC/C=C\CCCC. The fraction of sp³-hybridized carbons (Fsp3) is 0.701. The summed E-state index contributed by atoms with van der Waals surface area (Å²) < 4.78 is 28.4. The third-order valence-electron chi connectivity index (χ3n) is 13.6. The molecule has 1 aliphatic rings. The molecule has 0 aromatic rings. The van der Waals surface area contributed by atoms with Crippen LogP contribution in [0.25, 0.3) is 0 Å². The predicted molar refractivity (Wildman–Crippen MR) is 321 cm³/mol. The van der Waals surface area contributed by atoms with Gasteiger partial charge in [0.15, 0.2) is 24.6 Å². The van der Waals surface area contributed by atoms with Crippen molar-refractivity contribution in [3.05, 3.63) is 97.2 Å². The van der Waals surface area contributed by atoms with Gasteiger partial charge in [-0.15, -0.1) is 0 Å². The zero-order chi connectivity index (χ0) is 57.5. The van der Waals surface area contributed by atoms with Gasteiger partial charge in [0.25, 0.3) is 0 Å². The molecule has 1 saturated heterocycles. The summed E-state index contributed by atoms with van der Waals surface area (Å²) in [6.45, 7) is 5.78. The topological polar surface area (TPSA) is 175 Å². The van der Waals surface area contributed by atoms with Crippen molar-refractivity contribution in [1.29, 1.82) is 0 Å². The normalized spacial score (nSPS) is 18.5. The highest BCUT2D eigenvalue weighted by Crippen LogP contribution is 2.26. The van der Waals surface area contributed by atoms with Crippen LogP contribution in [0.2, 0.25) is 0 Å². The third-order valence-corrected chi connectivity index (χ3v) is 13.6. The molecule has 3 N–H and O–H groups in total. The predicted octanol–water partition coefficient (Wildman–Crippen LogP) is 16.5. The summed E-state index contributed by atoms with van der Waals surface area (Å²) in [5, 5.41) is 31.5. The van der Waals surface area contributed by atoms with Crippen molar-refractivity contribution in [2.45, 2.75) is 289 Å². The largest absolute Gasteiger partial charge is 0.479 e. The molecule has 0 aromatic heterocycles. The molecular formula is C67H110O12. The van der Waals surface area contributed by atoms with Crippen molar-refractivity contribution in [3.8, 4) is 0 Å². The molecule has 0 amide bonds. The number of allylic oxidation sites excluding steroid dienone is 16. The van der Waals surface area contributed by atoms with Crippen molar-refractivity contribution in [3.63, 3.8) is 0 Å². The zero-order valence-corrected chi connectivity index (χ0v) is 49.6. The Hall–Kier alpha value is -4.36. The van der Waals surface area contributed by atoms with Crippen LogP contribution in [0.1, 0.15) is 252 Å². The van der Waals surface area contributed by atoms with E-state index in [4.69, 9.17) is 23.7 Å². The number of unbranched alkanes of at least 4 members (excludes halogenated alkanes) is 22. The molecule has 12 nitrogen and oxygen atoms in total. The standard InChI is InChI=1S/C67H110O12/c1-4-7-10-13-16-19-22-24-26-28-30-32-34-36-39-41-44-47-50-53-59(68)75-56-58(77-60(69)54-51-48-45-42-38-21-18-15-12-9-6-3)57-76-67-65(63(72)62(71)64(79-67)66(73)74)78-61(70)55-52-49-46-43-40-37-35-33-31-29-27-25-23-20-17-14-11-8-5-2/h7,10,15-20,24-27,30,32,36,39,58,62-65,67,71-72H,4-6,8-9,11-14,21-23,28-29,31,33-35,37-38,40-57H2,1-3H3,(H,73,74)/b10-7-,18-15-,19-16-,20-17-,26-24-,27-25-,32-30-,39-36-. The summed E-state index contributed by atoms with van der Waals surface area (Å²) in [7, 11) is 0. The van der Waals surface area contributed by atoms with Gasteiger partial charge in [-0.25, -0.2) is 4.79 Å². The van der Waals surface area contributed by atoms with Gasteiger partial charge >= 0.3 is 23.9 Å². The van der Waals surface area contributed by atoms with Crippen molar-refractivity contribution < 1.29 is 58.2 Å². The minimum Gasteiger partial charge on any atom is -0.479 e. The van der Waals surface area contributed by atoms with Gasteiger partial charge in [0.1, 0.15) is 18.8 Å². The Kier molecular flexibility index (Phi) is 49.9. The molecule has 0 aromatic carbocycles. The van der Waals surface area contributed by atoms with Crippen molar-refractivity contribution >= 4 is 23.9 Å². The van der Waals surface area contributed by atoms with Crippen LogP contribution >= 0.6 is 0 Å². The van der Waals surface area contributed by atoms with Crippen molar-refractivity contribution in [2.24, 2.45) is 0 Å². The quantitative estimate of drug-likeness (QED) is 0.0228. The van der Waals surface area contributed by atoms with Gasteiger partial charge in [-0.1, -0.05) is 214 Å². The van der Waals surface area contributed by atoms with Crippen molar-refractivity contribution in [2.75, 3.05) is 13.2 Å². The number of rotatable bonds is 52. The van der Waals surface area contributed by atoms with E-state index in [9.17, 15) is 34.5 Å². The van der Waals surface area contributed by atoms with E-state index in [2.05, 4.69) is 118 Å². The van der Waals surface area contributed by atoms with Crippen molar-refractivity contribution in [1.82, 2.24) is 0 Å². The molecule has 450 valence electrons. The Labute approximate surface area is 479 Å². The van der Waals surface area contributed by atoms with E-state index in [1.165, 1.54) is 64.2 Å². The number of hydrogen-bond acceptors (Lipinski definition) is 11. The number of carbonyl (C=O) groups excluding carboxylic acids is 3. The summed E-state index contributed by atoms with van der Waals surface area (Å²) in [4.78, 5) is 51.2. The summed E-state index contributed by atoms with van der Waals surface area (Å²) in [5.41, 5.74) is 0. The Morgan fingerprint density at radius 1 is 0.430 bits per heavy atom. The number of carbonyl (C=O) groups is 4. The van der Waals surface area contributed by atoms with Crippen LogP contribution in [-0.2, 0) is 42.9 Å². The van der Waals surface area contributed by atoms with E-state index in [0.29, 0.717) is 19.3 Å². The number of aliphatic hydroxyl groups excluding tert-OH is 2. The van der Waals surface area contributed by atoms with Gasteiger partial charge in [0, 0.05) is 19.3 Å². The average molecular weight is 1110 g/mol. The second-order valence-corrected chi connectivity index (χ2v) is 20.9. The Balaban J connectivity index is 2.66. The lowest BCUT2D eigenvalue weighted by Gasteiger charge is -2.40. The lowest BCUT2D eigenvalue weighted by atomic mass is 9.98. The van der Waals surface area contributed by atoms with Gasteiger partial charge in [-0.05, 0) is 116 Å². The summed E-state index contributed by atoms with van der Waals surface area (Å²) in [6, 6.07) is 0. The summed E-state index contributed by atoms with van der Waals surface area (Å²) in [6.07, 6.45) is 59.4. The molecule has 0 saturated carbocycles. The fourth-order valence-corrected chi connectivity index (χ4v) is 8.82. The highest BCUT2D eigenvalue weighted by Gasteiger charge is 2.50. The van der Waals surface area contributed by atoms with Crippen LogP contribution in [0.15, 0.2) is 97.2 Å². The maximum Gasteiger partial charge on any atom is 0.335 e. The number of aliphatic hydroxyl groups is 2. The lowest BCUT2D eigenvalue weighted by Crippen LogP contribution is -2.61. The molecule has 0 spiro atoms. The fourth-order valence-electron chi connectivity index (χ4n) is 8.82. The molecule has 6 unspecified atom stereocenters. The first-order valence-corrected chi connectivity index (χ1v) is 31.2. The van der Waals surface area contributed by atoms with E-state index < -0.39 is 67.3 Å². The maximum absolute atomic E-state index is 13.1. The Morgan fingerprint density at radius 3 is 1.28 bits per heavy atom. The third kappa shape index (κ3) is 44.0. The molecule has 1 aliphatic heterocycles. The zero-order valence-electron chi connectivity index (χ0n) is 49.6. The van der Waals surface area contributed by atoms with E-state index in [-0.39, 0.29) is 25.9 Å². The van der Waals surface area contributed by atoms with Gasteiger partial charge in [0.2, 0.25) is 0 Å². The monoisotopic (exact) mass is 1110 g/mol. The van der Waals surface area contributed by atoms with Gasteiger partial charge in [0.05, 0.1) is 6.61 Å². The first kappa shape index (κ1) is 72.7. The molecule has 1 fully saturated rings. The van der Waals surface area contributed by atoms with Crippen LogP contribution in [0.4, 0.5) is 0 Å². The van der Waals surface area contributed by atoms with Gasteiger partial charge in [-0.3, -0.25) is 14.4 Å². The molecule has 6 atom stereocenters. The molecular weight excluding hydrogens is 997 g/mol. The second kappa shape index (κ2) is 54.2. The summed E-state index contributed by atoms with van der Waals surface area (Å²) >= 11 is 0. The molecule has 0 radical (unpaired) electrons. The average Bonchev–Trinajstić information content (AvgIpc) is 3.48. The molecule has 0 aliphatic carbocycles. The van der Waals surface area contributed by atoms with E-state index in [1.807, 2.05) is 0 Å². The first-order valence-electron chi connectivity index (χ1n) is 31.2. The Bertz CT molecular complexity index is 1740. The maximum atomic E-state index is 13.1. The number of carboxylic acid groups (broad SMARTS) is 1. The second-order valence-electron chi connectivity index (χ2n) is 20.9. The highest BCUT2D eigenvalue weighted by molar-refractivity contribution is 5.74. The van der Waals surface area contributed by atoms with Crippen LogP contribution < -0.4 is 0 Å². The van der Waals surface area contributed by atoms with E-state index >= 15 is 0 Å². The minimum atomic E-state index is -1.91. The van der Waals surface area contributed by atoms with E-state index in [1.54, 1.807) is 0 Å². The number of aliphatic carboxylic acids is 1. The summed E-state index contributed by atoms with van der Waals surface area (Å²) in [5.74, 6) is -3.18. The highest BCUT2D eigenvalue weighted by atomic mass is 16.7. The molecule has 1 heterocycles. The first-order chi connectivity index (χ1) is 38.6. The molecule has 79 heavy (non-hydrogen) atoms. The molecule has 0 bridgehead atoms. The van der Waals surface area contributed by atoms with E-state index in [0.717, 1.165) is 128 Å². The Morgan fingerprint density at radius 2 is 0.810 bits per heavy atom.